The fourth-order valence-corrected chi connectivity index (χ4v) is 3.89. The van der Waals surface area contributed by atoms with Crippen molar-refractivity contribution in [2.75, 3.05) is 18.5 Å². The van der Waals surface area contributed by atoms with Gasteiger partial charge in [-0.05, 0) is 35.6 Å². The van der Waals surface area contributed by atoms with Crippen LogP contribution in [0.2, 0.25) is 5.02 Å². The Hall–Kier alpha value is -1.87. The van der Waals surface area contributed by atoms with Crippen LogP contribution in [0.15, 0.2) is 30.3 Å². The second-order valence-electron chi connectivity index (χ2n) is 6.60. The van der Waals surface area contributed by atoms with Crippen molar-refractivity contribution in [1.29, 1.82) is 0 Å². The molecule has 0 saturated heterocycles. The number of aromatic hydroxyl groups is 1. The number of anilines is 1. The lowest BCUT2D eigenvalue weighted by Crippen LogP contribution is -2.10. The Morgan fingerprint density at radius 2 is 2.13 bits per heavy atom. The number of rotatable bonds is 1. The molecule has 23 heavy (non-hydrogen) atoms. The smallest absolute Gasteiger partial charge is 0.134 e. The van der Waals surface area contributed by atoms with Crippen molar-refractivity contribution in [2.45, 2.75) is 25.7 Å². The van der Waals surface area contributed by atoms with Gasteiger partial charge in [0.2, 0.25) is 0 Å². The molecule has 0 spiro atoms. The van der Waals surface area contributed by atoms with E-state index in [0.717, 1.165) is 43.0 Å². The minimum absolute atomic E-state index is 0.139. The summed E-state index contributed by atoms with van der Waals surface area (Å²) in [5.41, 5.74) is 4.61. The third kappa shape index (κ3) is 2.53. The van der Waals surface area contributed by atoms with Crippen molar-refractivity contribution in [3.8, 4) is 11.5 Å². The Balaban J connectivity index is 1.88. The first-order valence-corrected chi connectivity index (χ1v) is 8.52. The Labute approximate surface area is 141 Å². The summed E-state index contributed by atoms with van der Waals surface area (Å²) in [5, 5.41) is 14.0. The van der Waals surface area contributed by atoms with Crippen LogP contribution in [0.4, 0.5) is 5.69 Å². The van der Waals surface area contributed by atoms with E-state index < -0.39 is 0 Å². The average Bonchev–Trinajstić information content (AvgIpc) is 2.96. The van der Waals surface area contributed by atoms with E-state index in [1.165, 1.54) is 11.1 Å². The SMILES string of the molecule is CC1CNc2cc(Cl)c(O)cc2C(c2cccc3c2OCC3)C1. The molecule has 0 radical (unpaired) electrons. The second-order valence-corrected chi connectivity index (χ2v) is 7.01. The van der Waals surface area contributed by atoms with E-state index >= 15 is 0 Å². The van der Waals surface area contributed by atoms with E-state index in [2.05, 4.69) is 30.4 Å². The first kappa shape index (κ1) is 14.7. The van der Waals surface area contributed by atoms with Crippen LogP contribution in [0, 0.1) is 5.92 Å². The average molecular weight is 330 g/mol. The molecule has 4 rings (SSSR count). The summed E-state index contributed by atoms with van der Waals surface area (Å²) in [6, 6.07) is 10.1. The number of nitrogens with one attached hydrogen (secondary N) is 1. The summed E-state index contributed by atoms with van der Waals surface area (Å²) in [7, 11) is 0. The fourth-order valence-electron chi connectivity index (χ4n) is 3.73. The van der Waals surface area contributed by atoms with Crippen molar-refractivity contribution in [2.24, 2.45) is 5.92 Å². The van der Waals surface area contributed by atoms with Crippen molar-refractivity contribution >= 4 is 17.3 Å². The highest BCUT2D eigenvalue weighted by molar-refractivity contribution is 6.32. The fraction of sp³-hybridized carbons (Fsp3) is 0.368. The van der Waals surface area contributed by atoms with Gasteiger partial charge in [-0.1, -0.05) is 36.7 Å². The number of benzene rings is 2. The van der Waals surface area contributed by atoms with Crippen LogP contribution in [0.1, 0.15) is 36.0 Å². The zero-order valence-electron chi connectivity index (χ0n) is 13.1. The number of halogens is 1. The van der Waals surface area contributed by atoms with Gasteiger partial charge in [0.1, 0.15) is 11.5 Å². The summed E-state index contributed by atoms with van der Waals surface area (Å²) in [6.45, 7) is 3.91. The molecule has 0 fully saturated rings. The highest BCUT2D eigenvalue weighted by atomic mass is 35.5. The number of hydrogen-bond acceptors (Lipinski definition) is 3. The lowest BCUT2D eigenvalue weighted by molar-refractivity contribution is 0.350. The molecule has 0 aliphatic carbocycles. The normalized spacial score (nSPS) is 22.5. The third-order valence-electron chi connectivity index (χ3n) is 4.89. The van der Waals surface area contributed by atoms with Crippen LogP contribution in [-0.2, 0) is 6.42 Å². The molecule has 0 aromatic heterocycles. The minimum Gasteiger partial charge on any atom is -0.506 e. The molecule has 120 valence electrons. The van der Waals surface area contributed by atoms with Crippen LogP contribution in [0.5, 0.6) is 11.5 Å². The minimum atomic E-state index is 0.139. The van der Waals surface area contributed by atoms with Gasteiger partial charge in [0, 0.05) is 30.1 Å². The van der Waals surface area contributed by atoms with Gasteiger partial charge < -0.3 is 15.2 Å². The van der Waals surface area contributed by atoms with Crippen LogP contribution in [0.25, 0.3) is 0 Å². The van der Waals surface area contributed by atoms with Crippen molar-refractivity contribution in [1.82, 2.24) is 0 Å². The summed E-state index contributed by atoms with van der Waals surface area (Å²) in [5.74, 6) is 1.89. The predicted octanol–water partition coefficient (Wildman–Crippen LogP) is 4.56. The summed E-state index contributed by atoms with van der Waals surface area (Å²) >= 11 is 6.11. The number of para-hydroxylation sites is 1. The van der Waals surface area contributed by atoms with Crippen LogP contribution >= 0.6 is 11.6 Å². The summed E-state index contributed by atoms with van der Waals surface area (Å²) in [6.07, 6.45) is 1.99. The zero-order chi connectivity index (χ0) is 16.0. The molecule has 2 aromatic rings. The molecule has 2 atom stereocenters. The molecule has 2 unspecified atom stereocenters. The molecule has 4 heteroatoms. The molecule has 2 aliphatic heterocycles. The highest BCUT2D eigenvalue weighted by Gasteiger charge is 2.29. The van der Waals surface area contributed by atoms with E-state index in [1.807, 2.05) is 12.1 Å². The molecule has 0 amide bonds. The Morgan fingerprint density at radius 3 is 3.00 bits per heavy atom. The highest BCUT2D eigenvalue weighted by Crippen LogP contribution is 2.46. The number of hydrogen-bond donors (Lipinski definition) is 2. The second kappa shape index (κ2) is 5.64. The largest absolute Gasteiger partial charge is 0.506 e. The summed E-state index contributed by atoms with van der Waals surface area (Å²) < 4.78 is 5.92. The third-order valence-corrected chi connectivity index (χ3v) is 5.20. The molecular weight excluding hydrogens is 310 g/mol. The number of ether oxygens (including phenoxy) is 1. The van der Waals surface area contributed by atoms with Gasteiger partial charge >= 0.3 is 0 Å². The maximum atomic E-state index is 10.1. The van der Waals surface area contributed by atoms with E-state index in [4.69, 9.17) is 16.3 Å². The van der Waals surface area contributed by atoms with Crippen molar-refractivity contribution < 1.29 is 9.84 Å². The lowest BCUT2D eigenvalue weighted by Gasteiger charge is -2.22. The maximum absolute atomic E-state index is 10.1. The van der Waals surface area contributed by atoms with Gasteiger partial charge in [-0.2, -0.15) is 0 Å². The first-order chi connectivity index (χ1) is 11.1. The standard InChI is InChI=1S/C19H20ClNO2/c1-11-7-14(13-4-2-3-12-5-6-23-19(12)13)15-8-18(22)16(20)9-17(15)21-10-11/h2-4,8-9,11,14,21-22H,5-7,10H2,1H3. The van der Waals surface area contributed by atoms with Gasteiger partial charge in [-0.25, -0.2) is 0 Å². The molecule has 2 aromatic carbocycles. The lowest BCUT2D eigenvalue weighted by atomic mass is 9.83. The van der Waals surface area contributed by atoms with Gasteiger partial charge in [0.05, 0.1) is 11.6 Å². The predicted molar refractivity (Wildman–Crippen MR) is 92.9 cm³/mol. The Kier molecular flexibility index (Phi) is 3.61. The van der Waals surface area contributed by atoms with Crippen molar-refractivity contribution in [3.63, 3.8) is 0 Å². The molecule has 0 saturated carbocycles. The van der Waals surface area contributed by atoms with Crippen LogP contribution in [-0.4, -0.2) is 18.3 Å². The topological polar surface area (TPSA) is 41.5 Å². The monoisotopic (exact) mass is 329 g/mol. The number of phenols is 1. The van der Waals surface area contributed by atoms with E-state index in [-0.39, 0.29) is 11.7 Å². The van der Waals surface area contributed by atoms with Gasteiger partial charge in [-0.15, -0.1) is 0 Å². The van der Waals surface area contributed by atoms with E-state index in [0.29, 0.717) is 10.9 Å². The quantitative estimate of drug-likeness (QED) is 0.753. The molecule has 0 bridgehead atoms. The van der Waals surface area contributed by atoms with Gasteiger partial charge in [0.15, 0.2) is 0 Å². The molecular formula is C19H20ClNO2. The summed E-state index contributed by atoms with van der Waals surface area (Å²) in [4.78, 5) is 0. The van der Waals surface area contributed by atoms with Gasteiger partial charge in [-0.3, -0.25) is 0 Å². The Morgan fingerprint density at radius 1 is 1.26 bits per heavy atom. The number of fused-ring (bicyclic) bond motifs is 2. The molecule has 2 aliphatic rings. The Bertz CT molecular complexity index is 759. The number of phenolic OH excluding ortho intramolecular Hbond substituents is 1. The van der Waals surface area contributed by atoms with E-state index in [1.54, 1.807) is 0 Å². The molecule has 3 nitrogen and oxygen atoms in total. The molecule has 2 heterocycles. The van der Waals surface area contributed by atoms with Crippen LogP contribution < -0.4 is 10.1 Å². The van der Waals surface area contributed by atoms with Gasteiger partial charge in [0.25, 0.3) is 0 Å². The van der Waals surface area contributed by atoms with Crippen LogP contribution in [0.3, 0.4) is 0 Å². The van der Waals surface area contributed by atoms with E-state index in [9.17, 15) is 5.11 Å². The van der Waals surface area contributed by atoms with Crippen molar-refractivity contribution in [3.05, 3.63) is 52.0 Å². The molecule has 2 N–H and O–H groups in total. The maximum Gasteiger partial charge on any atom is 0.134 e. The first-order valence-electron chi connectivity index (χ1n) is 8.14. The zero-order valence-corrected chi connectivity index (χ0v) is 13.9.